The predicted molar refractivity (Wildman–Crippen MR) is 79.2 cm³/mol. The Morgan fingerprint density at radius 2 is 2.00 bits per heavy atom. The Bertz CT molecular complexity index is 475. The minimum atomic E-state index is 0.408. The molecule has 0 aliphatic carbocycles. The Labute approximate surface area is 115 Å². The molecule has 0 amide bonds. The van der Waals surface area contributed by atoms with Gasteiger partial charge in [0.2, 0.25) is 0 Å². The molecule has 2 aromatic rings. The number of benzene rings is 1. The molecule has 0 fully saturated rings. The average Bonchev–Trinajstić information content (AvgIpc) is 2.86. The highest BCUT2D eigenvalue weighted by Gasteiger charge is 2.12. The molecule has 0 radical (unpaired) electrons. The van der Waals surface area contributed by atoms with Crippen molar-refractivity contribution in [1.82, 2.24) is 5.32 Å². The van der Waals surface area contributed by atoms with E-state index in [0.29, 0.717) is 6.04 Å². The number of rotatable bonds is 7. The van der Waals surface area contributed by atoms with Gasteiger partial charge in [0.1, 0.15) is 5.76 Å². The van der Waals surface area contributed by atoms with Crippen LogP contribution in [0.15, 0.2) is 47.1 Å². The van der Waals surface area contributed by atoms with Crippen LogP contribution in [0.1, 0.15) is 42.7 Å². The lowest BCUT2D eigenvalue weighted by Gasteiger charge is -2.16. The van der Waals surface area contributed by atoms with Crippen molar-refractivity contribution in [3.05, 3.63) is 59.5 Å². The van der Waals surface area contributed by atoms with Crippen molar-refractivity contribution in [1.29, 1.82) is 0 Å². The number of furan rings is 1. The average molecular weight is 257 g/mol. The normalized spacial score (nSPS) is 12.5. The van der Waals surface area contributed by atoms with E-state index >= 15 is 0 Å². The summed E-state index contributed by atoms with van der Waals surface area (Å²) in [5.74, 6) is 0.987. The first kappa shape index (κ1) is 13.9. The van der Waals surface area contributed by atoms with Gasteiger partial charge in [0.25, 0.3) is 0 Å². The zero-order valence-corrected chi connectivity index (χ0v) is 11.9. The Morgan fingerprint density at radius 1 is 1.21 bits per heavy atom. The van der Waals surface area contributed by atoms with E-state index in [1.54, 1.807) is 0 Å². The predicted octanol–water partition coefficient (Wildman–Crippen LogP) is 4.26. The first-order chi connectivity index (χ1) is 9.29. The van der Waals surface area contributed by atoms with Gasteiger partial charge < -0.3 is 9.73 Å². The van der Waals surface area contributed by atoms with Crippen molar-refractivity contribution in [3.8, 4) is 0 Å². The second-order valence-corrected chi connectivity index (χ2v) is 4.98. The highest BCUT2D eigenvalue weighted by atomic mass is 16.3. The van der Waals surface area contributed by atoms with E-state index in [1.807, 2.05) is 13.2 Å². The van der Waals surface area contributed by atoms with Gasteiger partial charge in [-0.2, -0.15) is 0 Å². The van der Waals surface area contributed by atoms with Gasteiger partial charge in [-0.1, -0.05) is 37.3 Å². The fraction of sp³-hybridized carbons (Fsp3) is 0.412. The molecule has 0 saturated carbocycles. The summed E-state index contributed by atoms with van der Waals surface area (Å²) in [4.78, 5) is 0. The van der Waals surface area contributed by atoms with Crippen LogP contribution in [0.4, 0.5) is 0 Å². The summed E-state index contributed by atoms with van der Waals surface area (Å²) in [7, 11) is 0. The van der Waals surface area contributed by atoms with Crippen LogP contribution in [-0.4, -0.2) is 6.54 Å². The van der Waals surface area contributed by atoms with Gasteiger partial charge >= 0.3 is 0 Å². The second-order valence-electron chi connectivity index (χ2n) is 4.98. The van der Waals surface area contributed by atoms with E-state index in [1.165, 1.54) is 17.5 Å². The Balaban J connectivity index is 1.87. The van der Waals surface area contributed by atoms with Crippen molar-refractivity contribution in [2.24, 2.45) is 0 Å². The zero-order valence-electron chi connectivity index (χ0n) is 11.9. The summed E-state index contributed by atoms with van der Waals surface area (Å²) in [6, 6.07) is 13.2. The number of nitrogens with one attached hydrogen (secondary N) is 1. The van der Waals surface area contributed by atoms with Crippen LogP contribution in [-0.2, 0) is 6.42 Å². The molecule has 0 saturated heterocycles. The van der Waals surface area contributed by atoms with Crippen LogP contribution in [0.5, 0.6) is 0 Å². The molecule has 0 aliphatic rings. The zero-order chi connectivity index (χ0) is 13.5. The standard InChI is InChI=1S/C17H23NO/c1-3-18-17(16-12-14(2)19-13-16)11-7-10-15-8-5-4-6-9-15/h4-6,8-9,12-13,17-18H,3,7,10-11H2,1-2H3. The smallest absolute Gasteiger partial charge is 0.101 e. The number of hydrogen-bond acceptors (Lipinski definition) is 2. The van der Waals surface area contributed by atoms with Crippen LogP contribution in [0, 0.1) is 6.92 Å². The van der Waals surface area contributed by atoms with Gasteiger partial charge in [0, 0.05) is 11.6 Å². The minimum Gasteiger partial charge on any atom is -0.469 e. The maximum atomic E-state index is 5.42. The molecule has 1 aromatic heterocycles. The van der Waals surface area contributed by atoms with E-state index in [2.05, 4.69) is 48.6 Å². The third kappa shape index (κ3) is 4.25. The molecule has 19 heavy (non-hydrogen) atoms. The molecule has 0 aliphatic heterocycles. The molecule has 1 N–H and O–H groups in total. The van der Waals surface area contributed by atoms with Crippen molar-refractivity contribution < 1.29 is 4.42 Å². The number of aryl methyl sites for hydroxylation is 2. The molecule has 1 unspecified atom stereocenters. The van der Waals surface area contributed by atoms with E-state index in [4.69, 9.17) is 4.42 Å². The fourth-order valence-electron chi connectivity index (χ4n) is 2.43. The molecule has 1 atom stereocenters. The van der Waals surface area contributed by atoms with Crippen LogP contribution in [0.25, 0.3) is 0 Å². The summed E-state index contributed by atoms with van der Waals surface area (Å²) in [6.45, 7) is 5.13. The van der Waals surface area contributed by atoms with Gasteiger partial charge in [-0.05, 0) is 44.4 Å². The topological polar surface area (TPSA) is 25.2 Å². The molecule has 102 valence electrons. The molecular formula is C17H23NO. The summed E-state index contributed by atoms with van der Waals surface area (Å²) < 4.78 is 5.42. The van der Waals surface area contributed by atoms with Gasteiger partial charge in [-0.3, -0.25) is 0 Å². The highest BCUT2D eigenvalue weighted by Crippen LogP contribution is 2.21. The first-order valence-corrected chi connectivity index (χ1v) is 7.12. The van der Waals surface area contributed by atoms with Crippen LogP contribution in [0.3, 0.4) is 0 Å². The lowest BCUT2D eigenvalue weighted by atomic mass is 10.0. The SMILES string of the molecule is CCNC(CCCc1ccccc1)c1coc(C)c1. The molecule has 2 nitrogen and oxygen atoms in total. The van der Waals surface area contributed by atoms with Crippen molar-refractivity contribution >= 4 is 0 Å². The quantitative estimate of drug-likeness (QED) is 0.801. The molecule has 1 aromatic carbocycles. The molecule has 1 heterocycles. The van der Waals surface area contributed by atoms with Crippen molar-refractivity contribution in [3.63, 3.8) is 0 Å². The Kier molecular flexibility index (Phi) is 5.22. The van der Waals surface area contributed by atoms with Gasteiger partial charge in [0.15, 0.2) is 0 Å². The second kappa shape index (κ2) is 7.15. The Morgan fingerprint density at radius 3 is 2.63 bits per heavy atom. The van der Waals surface area contributed by atoms with E-state index in [-0.39, 0.29) is 0 Å². The first-order valence-electron chi connectivity index (χ1n) is 7.12. The summed E-state index contributed by atoms with van der Waals surface area (Å²) in [5, 5.41) is 3.54. The van der Waals surface area contributed by atoms with Gasteiger partial charge in [-0.15, -0.1) is 0 Å². The molecule has 2 rings (SSSR count). The lowest BCUT2D eigenvalue weighted by molar-refractivity contribution is 0.483. The maximum absolute atomic E-state index is 5.42. The van der Waals surface area contributed by atoms with Gasteiger partial charge in [-0.25, -0.2) is 0 Å². The van der Waals surface area contributed by atoms with E-state index in [9.17, 15) is 0 Å². The molecule has 0 bridgehead atoms. The van der Waals surface area contributed by atoms with E-state index in [0.717, 1.165) is 25.1 Å². The largest absolute Gasteiger partial charge is 0.469 e. The molecular weight excluding hydrogens is 234 g/mol. The maximum Gasteiger partial charge on any atom is 0.101 e. The van der Waals surface area contributed by atoms with Crippen molar-refractivity contribution in [2.45, 2.75) is 39.2 Å². The lowest BCUT2D eigenvalue weighted by Crippen LogP contribution is -2.20. The third-order valence-electron chi connectivity index (χ3n) is 3.40. The summed E-state index contributed by atoms with van der Waals surface area (Å²) in [6.07, 6.45) is 5.35. The highest BCUT2D eigenvalue weighted by molar-refractivity contribution is 5.17. The number of hydrogen-bond donors (Lipinski definition) is 1. The monoisotopic (exact) mass is 257 g/mol. The third-order valence-corrected chi connectivity index (χ3v) is 3.40. The van der Waals surface area contributed by atoms with Crippen LogP contribution in [0.2, 0.25) is 0 Å². The van der Waals surface area contributed by atoms with Crippen molar-refractivity contribution in [2.75, 3.05) is 6.54 Å². The molecule has 2 heteroatoms. The van der Waals surface area contributed by atoms with Crippen LogP contribution < -0.4 is 5.32 Å². The van der Waals surface area contributed by atoms with E-state index < -0.39 is 0 Å². The fourth-order valence-corrected chi connectivity index (χ4v) is 2.43. The summed E-state index contributed by atoms with van der Waals surface area (Å²) >= 11 is 0. The van der Waals surface area contributed by atoms with Gasteiger partial charge in [0.05, 0.1) is 6.26 Å². The minimum absolute atomic E-state index is 0.408. The molecule has 0 spiro atoms. The Hall–Kier alpha value is -1.54. The van der Waals surface area contributed by atoms with Crippen LogP contribution >= 0.6 is 0 Å². The summed E-state index contributed by atoms with van der Waals surface area (Å²) in [5.41, 5.74) is 2.69.